The second-order valence-electron chi connectivity index (χ2n) is 14.1. The largest absolute Gasteiger partial charge is 0.480 e. The minimum atomic E-state index is -1.66. The lowest BCUT2D eigenvalue weighted by Crippen LogP contribution is -2.70. The van der Waals surface area contributed by atoms with Crippen molar-refractivity contribution in [1.29, 1.82) is 0 Å². The van der Waals surface area contributed by atoms with Crippen LogP contribution < -0.4 is 16.8 Å². The Morgan fingerprint density at radius 2 is 1.19 bits per heavy atom. The third-order valence-electron chi connectivity index (χ3n) is 9.89. The molecule has 0 saturated carbocycles. The number of nitrogens with two attached hydrogens (primary N) is 2. The number of hydrogen-bond acceptors (Lipinski definition) is 18. The van der Waals surface area contributed by atoms with Crippen LogP contribution in [0.5, 0.6) is 0 Å². The van der Waals surface area contributed by atoms with Crippen LogP contribution in [0.3, 0.4) is 0 Å². The summed E-state index contributed by atoms with van der Waals surface area (Å²) < 4.78 is 40.2. The molecular formula is C34H63N3O17. The van der Waals surface area contributed by atoms with Crippen LogP contribution in [0.1, 0.15) is 71.1 Å². The maximum absolute atomic E-state index is 11.6. The summed E-state index contributed by atoms with van der Waals surface area (Å²) in [5.74, 6) is -2.61. The SMILES string of the molecule is CCCCCCCCCCCCN[C@@H]1[C@@H](OCC(=O)O)[C@H](O[C@@H]2O[C@H](CO)[C@@H](O[C@@H]3O[C@H](CO)[C@@H](O)[C@H](O)[C@H]3N)[C@H](O)[C@H]2N)[C@@H](COCC(=O)O)O[C@H]1O. The molecule has 0 aromatic heterocycles. The van der Waals surface area contributed by atoms with E-state index in [-0.39, 0.29) is 0 Å². The average molecular weight is 786 g/mol. The van der Waals surface area contributed by atoms with Gasteiger partial charge in [-0.3, -0.25) is 0 Å². The molecule has 13 N–H and O–H groups in total. The van der Waals surface area contributed by atoms with E-state index in [4.69, 9.17) is 49.7 Å². The molecule has 0 aromatic rings. The van der Waals surface area contributed by atoms with E-state index >= 15 is 0 Å². The highest BCUT2D eigenvalue weighted by Crippen LogP contribution is 2.32. The van der Waals surface area contributed by atoms with Crippen LogP contribution in [0, 0.1) is 0 Å². The fourth-order valence-corrected chi connectivity index (χ4v) is 6.86. The molecule has 3 rings (SSSR count). The molecule has 0 amide bonds. The van der Waals surface area contributed by atoms with E-state index < -0.39 is 137 Å². The predicted octanol–water partition coefficient (Wildman–Crippen LogP) is -2.90. The molecule has 3 saturated heterocycles. The summed E-state index contributed by atoms with van der Waals surface area (Å²) in [6.45, 7) is -0.878. The normalized spacial score (nSPS) is 37.3. The Kier molecular flexibility index (Phi) is 20.9. The maximum Gasteiger partial charge on any atom is 0.329 e. The summed E-state index contributed by atoms with van der Waals surface area (Å²) in [6, 6.07) is -3.83. The standard InChI is InChI=1S/C34H63N3O17/c1-2-3-4-5-6-7-8-9-10-11-12-37-25-31(49-17-22(42)43)30(20(50-32(25)47)15-48-16-21(40)41)54-34-24(36)28(46)29(19(14-39)52-34)53-33-23(35)27(45)26(44)18(13-38)51-33/h18-20,23-34,37-39,44-47H,2-17,35-36H2,1H3,(H,40,41)(H,42,43)/t18-,19-,20-,23-,24-,25-,26-,27-,28-,29-,30-,31-,32-,33+,34+/m1/s1. The molecule has 0 unspecified atom stereocenters. The third kappa shape index (κ3) is 13.7. The minimum Gasteiger partial charge on any atom is -0.480 e. The molecule has 15 atom stereocenters. The Balaban J connectivity index is 1.74. The fraction of sp³-hybridized carbons (Fsp3) is 0.941. The Labute approximate surface area is 314 Å². The Bertz CT molecular complexity index is 1080. The van der Waals surface area contributed by atoms with Crippen LogP contribution in [0.25, 0.3) is 0 Å². The number of hydrogen-bond donors (Lipinski definition) is 11. The molecule has 20 heteroatoms. The molecular weight excluding hydrogens is 722 g/mol. The fourth-order valence-electron chi connectivity index (χ4n) is 6.86. The van der Waals surface area contributed by atoms with Crippen molar-refractivity contribution in [3.8, 4) is 0 Å². The van der Waals surface area contributed by atoms with E-state index in [9.17, 15) is 45.3 Å². The van der Waals surface area contributed by atoms with Gasteiger partial charge >= 0.3 is 11.9 Å². The highest BCUT2D eigenvalue weighted by molar-refractivity contribution is 5.68. The lowest BCUT2D eigenvalue weighted by atomic mass is 9.94. The first-order chi connectivity index (χ1) is 25.8. The molecule has 20 nitrogen and oxygen atoms in total. The predicted molar refractivity (Wildman–Crippen MR) is 186 cm³/mol. The summed E-state index contributed by atoms with van der Waals surface area (Å²) >= 11 is 0. The van der Waals surface area contributed by atoms with Crippen LogP contribution in [0.15, 0.2) is 0 Å². The molecule has 3 aliphatic heterocycles. The summed E-state index contributed by atoms with van der Waals surface area (Å²) in [5.41, 5.74) is 12.4. The summed E-state index contributed by atoms with van der Waals surface area (Å²) in [7, 11) is 0. The van der Waals surface area contributed by atoms with Crippen LogP contribution in [0.2, 0.25) is 0 Å². The van der Waals surface area contributed by atoms with Crippen LogP contribution in [-0.2, 0) is 42.7 Å². The van der Waals surface area contributed by atoms with E-state index in [0.29, 0.717) is 6.54 Å². The number of aliphatic hydroxyl groups excluding tert-OH is 6. The number of carboxylic acid groups (broad SMARTS) is 2. The quantitative estimate of drug-likeness (QED) is 0.0413. The van der Waals surface area contributed by atoms with Gasteiger partial charge in [0.1, 0.15) is 68.1 Å². The Morgan fingerprint density at radius 3 is 1.76 bits per heavy atom. The lowest BCUT2D eigenvalue weighted by Gasteiger charge is -2.49. The minimum absolute atomic E-state index is 0.402. The van der Waals surface area contributed by atoms with Crippen molar-refractivity contribution in [2.75, 3.05) is 39.6 Å². The van der Waals surface area contributed by atoms with Gasteiger partial charge in [-0.25, -0.2) is 9.59 Å². The zero-order valence-corrected chi connectivity index (χ0v) is 30.9. The number of nitrogens with one attached hydrogen (secondary N) is 1. The zero-order valence-electron chi connectivity index (χ0n) is 30.9. The van der Waals surface area contributed by atoms with Gasteiger partial charge < -0.3 is 90.8 Å². The van der Waals surface area contributed by atoms with Crippen molar-refractivity contribution >= 4 is 11.9 Å². The second-order valence-corrected chi connectivity index (χ2v) is 14.1. The van der Waals surface area contributed by atoms with Gasteiger partial charge in [-0.15, -0.1) is 0 Å². The lowest BCUT2D eigenvalue weighted by molar-refractivity contribution is -0.351. The Morgan fingerprint density at radius 1 is 0.648 bits per heavy atom. The number of unbranched alkanes of at least 4 members (excludes halogenated alkanes) is 9. The Hall–Kier alpha value is -1.70. The number of carbonyl (C=O) groups is 2. The zero-order chi connectivity index (χ0) is 39.8. The van der Waals surface area contributed by atoms with Crippen LogP contribution in [0.4, 0.5) is 0 Å². The average Bonchev–Trinajstić information content (AvgIpc) is 3.14. The van der Waals surface area contributed by atoms with Crippen molar-refractivity contribution in [1.82, 2.24) is 5.32 Å². The summed E-state index contributed by atoms with van der Waals surface area (Å²) in [6.07, 6.45) is -6.27. The molecule has 3 heterocycles. The molecule has 0 bridgehead atoms. The van der Waals surface area contributed by atoms with E-state index in [0.717, 1.165) is 32.1 Å². The molecule has 3 aliphatic rings. The van der Waals surface area contributed by atoms with Gasteiger partial charge in [-0.1, -0.05) is 64.7 Å². The van der Waals surface area contributed by atoms with Gasteiger partial charge in [0, 0.05) is 0 Å². The molecule has 3 fully saturated rings. The smallest absolute Gasteiger partial charge is 0.329 e. The molecule has 0 aliphatic carbocycles. The molecule has 54 heavy (non-hydrogen) atoms. The summed E-state index contributed by atoms with van der Waals surface area (Å²) in [5, 5.41) is 84.5. The first kappa shape index (κ1) is 46.7. The number of aliphatic hydroxyl groups is 6. The molecule has 316 valence electrons. The topological polar surface area (TPSA) is 325 Å². The van der Waals surface area contributed by atoms with Gasteiger partial charge in [0.05, 0.1) is 37.9 Å². The van der Waals surface area contributed by atoms with E-state index in [1.54, 1.807) is 0 Å². The van der Waals surface area contributed by atoms with Crippen molar-refractivity contribution < 1.29 is 83.6 Å². The number of rotatable bonds is 25. The van der Waals surface area contributed by atoms with Crippen molar-refractivity contribution in [3.05, 3.63) is 0 Å². The monoisotopic (exact) mass is 785 g/mol. The van der Waals surface area contributed by atoms with E-state index in [1.807, 2.05) is 0 Å². The summed E-state index contributed by atoms with van der Waals surface area (Å²) in [4.78, 5) is 22.8. The van der Waals surface area contributed by atoms with E-state index in [1.165, 1.54) is 32.1 Å². The van der Waals surface area contributed by atoms with Crippen molar-refractivity contribution in [3.63, 3.8) is 0 Å². The van der Waals surface area contributed by atoms with Gasteiger partial charge in [-0.05, 0) is 13.0 Å². The molecule has 0 spiro atoms. The van der Waals surface area contributed by atoms with Gasteiger partial charge in [-0.2, -0.15) is 0 Å². The first-order valence-corrected chi connectivity index (χ1v) is 18.9. The van der Waals surface area contributed by atoms with Gasteiger partial charge in [0.15, 0.2) is 18.9 Å². The second kappa shape index (κ2) is 24.2. The number of ether oxygens (including phenoxy) is 7. The number of aliphatic carboxylic acids is 2. The van der Waals surface area contributed by atoms with Crippen LogP contribution >= 0.6 is 0 Å². The van der Waals surface area contributed by atoms with Gasteiger partial charge in [0.2, 0.25) is 0 Å². The highest BCUT2D eigenvalue weighted by Gasteiger charge is 2.53. The maximum atomic E-state index is 11.6. The van der Waals surface area contributed by atoms with Gasteiger partial charge in [0.25, 0.3) is 0 Å². The van der Waals surface area contributed by atoms with Crippen molar-refractivity contribution in [2.24, 2.45) is 11.5 Å². The van der Waals surface area contributed by atoms with E-state index in [2.05, 4.69) is 12.2 Å². The number of carboxylic acids is 2. The molecule has 0 radical (unpaired) electrons. The first-order valence-electron chi connectivity index (χ1n) is 18.9. The third-order valence-corrected chi connectivity index (χ3v) is 9.89. The highest BCUT2D eigenvalue weighted by atomic mass is 16.7. The molecule has 0 aromatic carbocycles. The van der Waals surface area contributed by atoms with Crippen LogP contribution in [-0.4, -0.2) is 184 Å². The van der Waals surface area contributed by atoms with Crippen molar-refractivity contribution in [2.45, 2.75) is 163 Å².